The van der Waals surface area contributed by atoms with Crippen molar-refractivity contribution in [2.75, 3.05) is 0 Å². The van der Waals surface area contributed by atoms with Gasteiger partial charge < -0.3 is 9.15 Å². The van der Waals surface area contributed by atoms with Crippen molar-refractivity contribution in [2.24, 2.45) is 5.92 Å². The highest BCUT2D eigenvalue weighted by Crippen LogP contribution is 2.48. The summed E-state index contributed by atoms with van der Waals surface area (Å²) in [6.07, 6.45) is 2.34. The number of nitrogens with zero attached hydrogens (tertiary/aromatic N) is 2. The Morgan fingerprint density at radius 2 is 2.25 bits per heavy atom. The van der Waals surface area contributed by atoms with Crippen LogP contribution in [0.25, 0.3) is 5.65 Å². The van der Waals surface area contributed by atoms with E-state index in [1.807, 2.05) is 31.2 Å². The first kappa shape index (κ1) is 14.7. The first-order valence-electron chi connectivity index (χ1n) is 7.82. The lowest BCUT2D eigenvalue weighted by atomic mass is 10.2. The number of ether oxygens (including phenoxy) is 1. The van der Waals surface area contributed by atoms with E-state index in [1.165, 1.54) is 10.5 Å². The Bertz CT molecular complexity index is 959. The van der Waals surface area contributed by atoms with E-state index in [-0.39, 0.29) is 30.0 Å². The molecule has 1 aliphatic rings. The predicted molar refractivity (Wildman–Crippen MR) is 85.6 cm³/mol. The van der Waals surface area contributed by atoms with Crippen LogP contribution in [0.5, 0.6) is 0 Å². The lowest BCUT2D eigenvalue weighted by Crippen LogP contribution is -2.18. The molecule has 122 valence electrons. The Balaban J connectivity index is 1.46. The molecule has 0 amide bonds. The fraction of sp³-hybridized carbons (Fsp3) is 0.278. The summed E-state index contributed by atoms with van der Waals surface area (Å²) in [5.41, 5.74) is 1.64. The molecule has 1 aliphatic carbocycles. The van der Waals surface area contributed by atoms with Gasteiger partial charge in [-0.15, -0.1) is 0 Å². The molecule has 3 aromatic rings. The Hall–Kier alpha value is -2.89. The summed E-state index contributed by atoms with van der Waals surface area (Å²) in [7, 11) is 0. The van der Waals surface area contributed by atoms with E-state index in [1.54, 1.807) is 12.3 Å². The molecular formula is C18H16N2O4. The lowest BCUT2D eigenvalue weighted by molar-refractivity contribution is -0.146. The van der Waals surface area contributed by atoms with Gasteiger partial charge in [0.05, 0.1) is 17.9 Å². The third-order valence-electron chi connectivity index (χ3n) is 4.30. The largest absolute Gasteiger partial charge is 0.469 e. The number of aryl methyl sites for hydroxylation is 1. The van der Waals surface area contributed by atoms with Gasteiger partial charge in [0, 0.05) is 17.7 Å². The molecule has 0 bridgehead atoms. The van der Waals surface area contributed by atoms with Crippen LogP contribution in [0.3, 0.4) is 0 Å². The third kappa shape index (κ3) is 2.60. The lowest BCUT2D eigenvalue weighted by Gasteiger charge is -2.07. The number of carbonyl (C=O) groups is 1. The van der Waals surface area contributed by atoms with E-state index in [4.69, 9.17) is 9.15 Å². The molecule has 1 fully saturated rings. The van der Waals surface area contributed by atoms with Crippen LogP contribution in [-0.4, -0.2) is 15.4 Å². The second-order valence-electron chi connectivity index (χ2n) is 6.02. The van der Waals surface area contributed by atoms with Gasteiger partial charge in [-0.3, -0.25) is 14.0 Å². The van der Waals surface area contributed by atoms with Gasteiger partial charge in [-0.2, -0.15) is 0 Å². The molecule has 4 rings (SSSR count). The first-order valence-corrected chi connectivity index (χ1v) is 7.82. The van der Waals surface area contributed by atoms with Gasteiger partial charge in [-0.1, -0.05) is 6.07 Å². The van der Waals surface area contributed by atoms with E-state index < -0.39 is 0 Å². The predicted octanol–water partition coefficient (Wildman–Crippen LogP) is 2.44. The molecule has 0 unspecified atom stereocenters. The van der Waals surface area contributed by atoms with Crippen molar-refractivity contribution in [2.45, 2.75) is 25.9 Å². The maximum absolute atomic E-state index is 12.2. The normalized spacial score (nSPS) is 19.4. The van der Waals surface area contributed by atoms with Gasteiger partial charge >= 0.3 is 5.97 Å². The molecule has 0 radical (unpaired) electrons. The smallest absolute Gasteiger partial charge is 0.310 e. The molecule has 3 heterocycles. The van der Waals surface area contributed by atoms with Crippen LogP contribution in [0.1, 0.15) is 29.5 Å². The highest BCUT2D eigenvalue weighted by atomic mass is 16.5. The number of fused-ring (bicyclic) bond motifs is 1. The minimum absolute atomic E-state index is 0.000109. The molecule has 0 N–H and O–H groups in total. The summed E-state index contributed by atoms with van der Waals surface area (Å²) in [5, 5.41) is 0. The van der Waals surface area contributed by atoms with Gasteiger partial charge in [0.15, 0.2) is 0 Å². The van der Waals surface area contributed by atoms with Gasteiger partial charge in [-0.05, 0) is 37.6 Å². The van der Waals surface area contributed by atoms with E-state index in [9.17, 15) is 9.59 Å². The number of aromatic nitrogens is 2. The number of esters is 1. The molecule has 0 aliphatic heterocycles. The summed E-state index contributed by atoms with van der Waals surface area (Å²) >= 11 is 0. The van der Waals surface area contributed by atoms with E-state index >= 15 is 0 Å². The SMILES string of the molecule is Cc1cccc2nc(COC(=O)[C@@H]3C[C@H]3c3ccco3)cc(=O)n12. The van der Waals surface area contributed by atoms with E-state index in [0.717, 1.165) is 17.9 Å². The summed E-state index contributed by atoms with van der Waals surface area (Å²) in [6.45, 7) is 1.84. The number of hydrogen-bond acceptors (Lipinski definition) is 5. The van der Waals surface area contributed by atoms with Gasteiger partial charge in [0.25, 0.3) is 5.56 Å². The van der Waals surface area contributed by atoms with E-state index in [2.05, 4.69) is 4.98 Å². The highest BCUT2D eigenvalue weighted by Gasteiger charge is 2.47. The second-order valence-corrected chi connectivity index (χ2v) is 6.02. The Labute approximate surface area is 137 Å². The average Bonchev–Trinajstić information content (AvgIpc) is 3.18. The van der Waals surface area contributed by atoms with Crippen LogP contribution < -0.4 is 5.56 Å². The average molecular weight is 324 g/mol. The maximum atomic E-state index is 12.2. The summed E-state index contributed by atoms with van der Waals surface area (Å²) in [4.78, 5) is 28.7. The van der Waals surface area contributed by atoms with Crippen LogP contribution in [0, 0.1) is 12.8 Å². The minimum Gasteiger partial charge on any atom is -0.469 e. The molecule has 0 spiro atoms. The number of pyridine rings is 1. The maximum Gasteiger partial charge on any atom is 0.310 e. The fourth-order valence-corrected chi connectivity index (χ4v) is 2.96. The molecule has 6 nitrogen and oxygen atoms in total. The van der Waals surface area contributed by atoms with Crippen molar-refractivity contribution in [3.05, 3.63) is 70.2 Å². The fourth-order valence-electron chi connectivity index (χ4n) is 2.96. The van der Waals surface area contributed by atoms with E-state index in [0.29, 0.717) is 11.3 Å². The van der Waals surface area contributed by atoms with Crippen molar-refractivity contribution in [3.63, 3.8) is 0 Å². The Kier molecular flexibility index (Phi) is 3.45. The zero-order chi connectivity index (χ0) is 16.7. The van der Waals surface area contributed by atoms with Crippen LogP contribution >= 0.6 is 0 Å². The topological polar surface area (TPSA) is 73.8 Å². The minimum atomic E-state index is -0.275. The molecule has 0 aromatic carbocycles. The Morgan fingerprint density at radius 1 is 1.38 bits per heavy atom. The molecule has 24 heavy (non-hydrogen) atoms. The second kappa shape index (κ2) is 5.63. The zero-order valence-electron chi connectivity index (χ0n) is 13.1. The number of furan rings is 1. The summed E-state index contributed by atoms with van der Waals surface area (Å²) in [5.74, 6) is 0.474. The quantitative estimate of drug-likeness (QED) is 0.689. The summed E-state index contributed by atoms with van der Waals surface area (Å²) in [6, 6.07) is 10.5. The van der Waals surface area contributed by atoms with Crippen molar-refractivity contribution >= 4 is 11.6 Å². The van der Waals surface area contributed by atoms with Gasteiger partial charge in [0.1, 0.15) is 18.0 Å². The number of carbonyl (C=O) groups excluding carboxylic acids is 1. The van der Waals surface area contributed by atoms with Gasteiger partial charge in [-0.25, -0.2) is 4.98 Å². The molecular weight excluding hydrogens is 308 g/mol. The number of rotatable bonds is 4. The molecule has 0 saturated heterocycles. The molecule has 1 saturated carbocycles. The zero-order valence-corrected chi connectivity index (χ0v) is 13.1. The molecule has 2 atom stereocenters. The van der Waals surface area contributed by atoms with Crippen LogP contribution in [0.2, 0.25) is 0 Å². The van der Waals surface area contributed by atoms with Crippen molar-refractivity contribution in [1.82, 2.24) is 9.38 Å². The van der Waals surface area contributed by atoms with Crippen LogP contribution in [0.4, 0.5) is 0 Å². The highest BCUT2D eigenvalue weighted by molar-refractivity contribution is 5.77. The molecule has 6 heteroatoms. The van der Waals surface area contributed by atoms with Gasteiger partial charge in [0.2, 0.25) is 0 Å². The first-order chi connectivity index (χ1) is 11.6. The van der Waals surface area contributed by atoms with Crippen LogP contribution in [0.15, 0.2) is 51.9 Å². The van der Waals surface area contributed by atoms with Crippen molar-refractivity contribution in [1.29, 1.82) is 0 Å². The number of hydrogen-bond donors (Lipinski definition) is 0. The van der Waals surface area contributed by atoms with Crippen LogP contribution in [-0.2, 0) is 16.1 Å². The Morgan fingerprint density at radius 3 is 3.04 bits per heavy atom. The monoisotopic (exact) mass is 324 g/mol. The third-order valence-corrected chi connectivity index (χ3v) is 4.30. The van der Waals surface area contributed by atoms with Crippen molar-refractivity contribution < 1.29 is 13.9 Å². The van der Waals surface area contributed by atoms with Crippen molar-refractivity contribution in [3.8, 4) is 0 Å². The summed E-state index contributed by atoms with van der Waals surface area (Å²) < 4.78 is 12.2. The standard InChI is InChI=1S/C18H16N2O4/c1-11-4-2-6-16-19-12(8-17(21)20(11)16)10-24-18(22)14-9-13(14)15-5-3-7-23-15/h2-8,13-14H,9-10H2,1H3/t13-,14-/m1/s1. The molecule has 3 aromatic heterocycles.